The maximum atomic E-state index is 11.8. The van der Waals surface area contributed by atoms with Gasteiger partial charge in [0.15, 0.2) is 5.78 Å². The SMILES string of the molecule is CC1=CC(O)C(C)(C)C=CC(=O)C(C)=CC(O)C1. The molecule has 1 aliphatic carbocycles. The number of aliphatic hydroxyl groups excluding tert-OH is 2. The molecule has 0 spiro atoms. The maximum Gasteiger partial charge on any atom is 0.181 e. The molecule has 0 fully saturated rings. The van der Waals surface area contributed by atoms with Crippen molar-refractivity contribution in [1.82, 2.24) is 0 Å². The lowest BCUT2D eigenvalue weighted by atomic mass is 9.84. The summed E-state index contributed by atoms with van der Waals surface area (Å²) in [6.45, 7) is 7.31. The highest BCUT2D eigenvalue weighted by Crippen LogP contribution is 2.26. The fraction of sp³-hybridized carbons (Fsp3) is 0.533. The van der Waals surface area contributed by atoms with Crippen molar-refractivity contribution in [1.29, 1.82) is 0 Å². The second kappa shape index (κ2) is 5.63. The van der Waals surface area contributed by atoms with E-state index in [1.165, 1.54) is 6.08 Å². The highest BCUT2D eigenvalue weighted by Gasteiger charge is 2.24. The van der Waals surface area contributed by atoms with E-state index in [2.05, 4.69) is 0 Å². The first-order valence-corrected chi connectivity index (χ1v) is 6.18. The number of rotatable bonds is 0. The minimum absolute atomic E-state index is 0.131. The van der Waals surface area contributed by atoms with E-state index < -0.39 is 17.6 Å². The van der Waals surface area contributed by atoms with Gasteiger partial charge < -0.3 is 10.2 Å². The molecule has 0 saturated carbocycles. The van der Waals surface area contributed by atoms with Crippen molar-refractivity contribution in [3.05, 3.63) is 35.5 Å². The molecular formula is C15H22O3. The summed E-state index contributed by atoms with van der Waals surface area (Å²) in [4.78, 5) is 11.8. The standard InChI is InChI=1S/C15H22O3/c1-10-7-12(16)9-11(2)13(17)5-6-15(3,4)14(18)8-10/h5-6,8-9,12,14,16,18H,7H2,1-4H3. The van der Waals surface area contributed by atoms with Crippen LogP contribution in [-0.2, 0) is 4.79 Å². The molecule has 0 heterocycles. The topological polar surface area (TPSA) is 57.5 Å². The molecule has 0 amide bonds. The van der Waals surface area contributed by atoms with Crippen LogP contribution in [0.4, 0.5) is 0 Å². The van der Waals surface area contributed by atoms with Crippen LogP contribution in [0.3, 0.4) is 0 Å². The molecule has 2 N–H and O–H groups in total. The zero-order chi connectivity index (χ0) is 13.9. The summed E-state index contributed by atoms with van der Waals surface area (Å²) in [5, 5.41) is 19.9. The van der Waals surface area contributed by atoms with Gasteiger partial charge in [-0.25, -0.2) is 0 Å². The molecule has 100 valence electrons. The Kier molecular flexibility index (Phi) is 4.65. The zero-order valence-electron chi connectivity index (χ0n) is 11.5. The van der Waals surface area contributed by atoms with Gasteiger partial charge in [0.25, 0.3) is 0 Å². The Hall–Kier alpha value is -1.19. The number of hydrogen-bond acceptors (Lipinski definition) is 3. The van der Waals surface area contributed by atoms with Crippen molar-refractivity contribution >= 4 is 5.78 Å². The molecule has 18 heavy (non-hydrogen) atoms. The molecular weight excluding hydrogens is 228 g/mol. The smallest absolute Gasteiger partial charge is 0.181 e. The Labute approximate surface area is 109 Å². The predicted octanol–water partition coefficient (Wildman–Crippen LogP) is 2.16. The summed E-state index contributed by atoms with van der Waals surface area (Å²) in [7, 11) is 0. The Morgan fingerprint density at radius 2 is 1.83 bits per heavy atom. The number of ketones is 1. The van der Waals surface area contributed by atoms with Crippen LogP contribution in [0, 0.1) is 5.41 Å². The van der Waals surface area contributed by atoms with Crippen molar-refractivity contribution in [3.63, 3.8) is 0 Å². The van der Waals surface area contributed by atoms with E-state index >= 15 is 0 Å². The Balaban J connectivity index is 3.16. The van der Waals surface area contributed by atoms with Crippen LogP contribution >= 0.6 is 0 Å². The number of carbonyl (C=O) groups excluding carboxylic acids is 1. The summed E-state index contributed by atoms with van der Waals surface area (Å²) in [6, 6.07) is 0. The van der Waals surface area contributed by atoms with Gasteiger partial charge in [0.05, 0.1) is 12.2 Å². The van der Waals surface area contributed by atoms with Crippen LogP contribution in [0.5, 0.6) is 0 Å². The van der Waals surface area contributed by atoms with Gasteiger partial charge in [0, 0.05) is 5.41 Å². The summed E-state index contributed by atoms with van der Waals surface area (Å²) < 4.78 is 0. The molecule has 0 aromatic carbocycles. The van der Waals surface area contributed by atoms with Crippen molar-refractivity contribution in [2.24, 2.45) is 5.41 Å². The van der Waals surface area contributed by atoms with Gasteiger partial charge in [-0.2, -0.15) is 0 Å². The van der Waals surface area contributed by atoms with Crippen molar-refractivity contribution in [3.8, 4) is 0 Å². The molecule has 0 bridgehead atoms. The van der Waals surface area contributed by atoms with Gasteiger partial charge in [0.2, 0.25) is 0 Å². The first kappa shape index (κ1) is 14.9. The monoisotopic (exact) mass is 250 g/mol. The highest BCUT2D eigenvalue weighted by molar-refractivity contribution is 6.03. The molecule has 0 aliphatic heterocycles. The van der Waals surface area contributed by atoms with Crippen LogP contribution in [-0.4, -0.2) is 28.2 Å². The predicted molar refractivity (Wildman–Crippen MR) is 72.1 cm³/mol. The van der Waals surface area contributed by atoms with E-state index in [1.807, 2.05) is 20.8 Å². The molecule has 2 atom stereocenters. The van der Waals surface area contributed by atoms with Gasteiger partial charge in [-0.1, -0.05) is 31.6 Å². The third-order valence-corrected chi connectivity index (χ3v) is 3.23. The van der Waals surface area contributed by atoms with E-state index in [1.54, 1.807) is 25.2 Å². The molecule has 3 nitrogen and oxygen atoms in total. The van der Waals surface area contributed by atoms with Gasteiger partial charge in [-0.05, 0) is 38.0 Å². The minimum atomic E-state index is -0.688. The Bertz CT molecular complexity index is 413. The summed E-state index contributed by atoms with van der Waals surface area (Å²) in [5.41, 5.74) is 0.931. The molecule has 1 rings (SSSR count). The fourth-order valence-electron chi connectivity index (χ4n) is 1.83. The molecule has 0 saturated heterocycles. The Morgan fingerprint density at radius 1 is 1.22 bits per heavy atom. The lowest BCUT2D eigenvalue weighted by Crippen LogP contribution is -2.25. The molecule has 2 unspecified atom stereocenters. The fourth-order valence-corrected chi connectivity index (χ4v) is 1.83. The molecule has 0 radical (unpaired) electrons. The third-order valence-electron chi connectivity index (χ3n) is 3.23. The normalized spacial score (nSPS) is 29.3. The van der Waals surface area contributed by atoms with Crippen molar-refractivity contribution in [2.45, 2.75) is 46.3 Å². The quantitative estimate of drug-likeness (QED) is 0.648. The van der Waals surface area contributed by atoms with Gasteiger partial charge in [-0.3, -0.25) is 4.79 Å². The van der Waals surface area contributed by atoms with E-state index in [9.17, 15) is 15.0 Å². The average Bonchev–Trinajstić information content (AvgIpc) is 2.24. The number of allylic oxidation sites excluding steroid dienone is 2. The minimum Gasteiger partial charge on any atom is -0.389 e. The highest BCUT2D eigenvalue weighted by atomic mass is 16.3. The lowest BCUT2D eigenvalue weighted by molar-refractivity contribution is -0.111. The first-order chi connectivity index (χ1) is 8.22. The van der Waals surface area contributed by atoms with Gasteiger partial charge in [-0.15, -0.1) is 0 Å². The lowest BCUT2D eigenvalue weighted by Gasteiger charge is -2.25. The first-order valence-electron chi connectivity index (χ1n) is 6.18. The van der Waals surface area contributed by atoms with E-state index in [-0.39, 0.29) is 5.78 Å². The summed E-state index contributed by atoms with van der Waals surface area (Å²) in [6.07, 6.45) is 5.56. The summed E-state index contributed by atoms with van der Waals surface area (Å²) in [5.74, 6) is -0.131. The largest absolute Gasteiger partial charge is 0.389 e. The van der Waals surface area contributed by atoms with Gasteiger partial charge >= 0.3 is 0 Å². The third kappa shape index (κ3) is 3.93. The summed E-state index contributed by atoms with van der Waals surface area (Å²) >= 11 is 0. The van der Waals surface area contributed by atoms with E-state index in [0.29, 0.717) is 12.0 Å². The second-order valence-electron chi connectivity index (χ2n) is 5.60. The molecule has 0 aromatic heterocycles. The second-order valence-corrected chi connectivity index (χ2v) is 5.60. The van der Waals surface area contributed by atoms with Crippen LogP contribution in [0.25, 0.3) is 0 Å². The van der Waals surface area contributed by atoms with Crippen molar-refractivity contribution in [2.75, 3.05) is 0 Å². The van der Waals surface area contributed by atoms with Crippen molar-refractivity contribution < 1.29 is 15.0 Å². The number of carbonyl (C=O) groups is 1. The van der Waals surface area contributed by atoms with E-state index in [0.717, 1.165) is 5.57 Å². The van der Waals surface area contributed by atoms with Crippen LogP contribution in [0.2, 0.25) is 0 Å². The van der Waals surface area contributed by atoms with Crippen LogP contribution in [0.15, 0.2) is 35.5 Å². The molecule has 1 aliphatic rings. The number of hydrogen-bond donors (Lipinski definition) is 2. The zero-order valence-corrected chi connectivity index (χ0v) is 11.5. The maximum absolute atomic E-state index is 11.8. The molecule has 0 aromatic rings. The Morgan fingerprint density at radius 3 is 2.44 bits per heavy atom. The van der Waals surface area contributed by atoms with Crippen LogP contribution in [0.1, 0.15) is 34.1 Å². The number of aliphatic hydroxyl groups is 2. The van der Waals surface area contributed by atoms with Gasteiger partial charge in [0.1, 0.15) is 0 Å². The van der Waals surface area contributed by atoms with E-state index in [4.69, 9.17) is 0 Å². The average molecular weight is 250 g/mol. The molecule has 3 heteroatoms. The van der Waals surface area contributed by atoms with Crippen LogP contribution < -0.4 is 0 Å².